The van der Waals surface area contributed by atoms with E-state index in [1.165, 1.54) is 12.1 Å². The molecule has 0 fully saturated rings. The van der Waals surface area contributed by atoms with Crippen LogP contribution in [0.2, 0.25) is 0 Å². The van der Waals surface area contributed by atoms with E-state index in [0.717, 1.165) is 18.2 Å². The number of nitro benzene ring substituents is 1. The Morgan fingerprint density at radius 2 is 2.09 bits per heavy atom. The van der Waals surface area contributed by atoms with Crippen molar-refractivity contribution in [2.75, 3.05) is 25.2 Å². The molecule has 0 bridgehead atoms. The van der Waals surface area contributed by atoms with Crippen molar-refractivity contribution >= 4 is 27.6 Å². The lowest BCUT2D eigenvalue weighted by Crippen LogP contribution is -2.15. The van der Waals surface area contributed by atoms with Gasteiger partial charge in [0.25, 0.3) is 0 Å². The predicted octanol–water partition coefficient (Wildman–Crippen LogP) is 3.09. The molecule has 0 atom stereocenters. The third-order valence-corrected chi connectivity index (χ3v) is 3.14. The number of nitro groups is 1. The van der Waals surface area contributed by atoms with Crippen LogP contribution in [-0.4, -0.2) is 36.0 Å². The van der Waals surface area contributed by atoms with Gasteiger partial charge in [0.05, 0.1) is 24.2 Å². The maximum Gasteiger partial charge on any atom is 0.344 e. The number of ether oxygens (including phenoxy) is 3. The number of rotatable bonds is 10. The molecular formula is C14H18BrNO6. The zero-order chi connectivity index (χ0) is 16.4. The SMILES string of the molecule is CCOC(=O)COc1ccc(OCCCCBr)cc1[N+](=O)[O-]. The van der Waals surface area contributed by atoms with Gasteiger partial charge in [-0.15, -0.1) is 0 Å². The number of alkyl halides is 1. The van der Waals surface area contributed by atoms with Gasteiger partial charge in [-0.2, -0.15) is 0 Å². The van der Waals surface area contributed by atoms with Crippen molar-refractivity contribution in [1.29, 1.82) is 0 Å². The minimum Gasteiger partial charge on any atom is -0.493 e. The van der Waals surface area contributed by atoms with Crippen LogP contribution in [0.5, 0.6) is 11.5 Å². The molecule has 1 aromatic carbocycles. The van der Waals surface area contributed by atoms with E-state index in [4.69, 9.17) is 14.2 Å². The van der Waals surface area contributed by atoms with Crippen molar-refractivity contribution in [1.82, 2.24) is 0 Å². The molecule has 0 aliphatic heterocycles. The largest absolute Gasteiger partial charge is 0.493 e. The van der Waals surface area contributed by atoms with Crippen LogP contribution < -0.4 is 9.47 Å². The molecule has 8 heteroatoms. The van der Waals surface area contributed by atoms with E-state index in [0.29, 0.717) is 12.4 Å². The average Bonchev–Trinajstić information content (AvgIpc) is 2.50. The zero-order valence-electron chi connectivity index (χ0n) is 12.2. The number of benzene rings is 1. The van der Waals surface area contributed by atoms with Crippen molar-refractivity contribution < 1.29 is 23.9 Å². The Morgan fingerprint density at radius 1 is 1.32 bits per heavy atom. The van der Waals surface area contributed by atoms with Gasteiger partial charge in [0, 0.05) is 5.33 Å². The summed E-state index contributed by atoms with van der Waals surface area (Å²) in [5.74, 6) is -0.178. The van der Waals surface area contributed by atoms with Crippen LogP contribution in [0.1, 0.15) is 19.8 Å². The Bertz CT molecular complexity index is 508. The highest BCUT2D eigenvalue weighted by atomic mass is 79.9. The van der Waals surface area contributed by atoms with Crippen LogP contribution in [0, 0.1) is 10.1 Å². The van der Waals surface area contributed by atoms with Crippen LogP contribution >= 0.6 is 15.9 Å². The van der Waals surface area contributed by atoms with Gasteiger partial charge in [0.15, 0.2) is 12.4 Å². The molecule has 0 aliphatic carbocycles. The smallest absolute Gasteiger partial charge is 0.344 e. The lowest BCUT2D eigenvalue weighted by Gasteiger charge is -2.09. The van der Waals surface area contributed by atoms with Gasteiger partial charge >= 0.3 is 11.7 Å². The number of hydrogen-bond acceptors (Lipinski definition) is 6. The second kappa shape index (κ2) is 9.99. The number of nitrogens with zero attached hydrogens (tertiary/aromatic N) is 1. The maximum absolute atomic E-state index is 11.2. The van der Waals surface area contributed by atoms with Gasteiger partial charge in [0.1, 0.15) is 5.75 Å². The van der Waals surface area contributed by atoms with E-state index in [1.54, 1.807) is 13.0 Å². The number of halogens is 1. The van der Waals surface area contributed by atoms with Crippen LogP contribution in [0.3, 0.4) is 0 Å². The Labute approximate surface area is 136 Å². The monoisotopic (exact) mass is 375 g/mol. The lowest BCUT2D eigenvalue weighted by molar-refractivity contribution is -0.385. The molecule has 0 saturated carbocycles. The molecule has 0 amide bonds. The first-order chi connectivity index (χ1) is 10.6. The van der Waals surface area contributed by atoms with E-state index in [2.05, 4.69) is 15.9 Å². The van der Waals surface area contributed by atoms with E-state index in [-0.39, 0.29) is 24.7 Å². The molecule has 0 aromatic heterocycles. The quantitative estimate of drug-likeness (QED) is 0.205. The summed E-state index contributed by atoms with van der Waals surface area (Å²) in [5.41, 5.74) is -0.248. The van der Waals surface area contributed by atoms with Gasteiger partial charge in [-0.3, -0.25) is 10.1 Å². The maximum atomic E-state index is 11.2. The fraction of sp³-hybridized carbons (Fsp3) is 0.500. The van der Waals surface area contributed by atoms with Crippen LogP contribution in [-0.2, 0) is 9.53 Å². The summed E-state index contributed by atoms with van der Waals surface area (Å²) in [5, 5.41) is 12.0. The molecule has 0 N–H and O–H groups in total. The van der Waals surface area contributed by atoms with Crippen molar-refractivity contribution in [3.8, 4) is 11.5 Å². The highest BCUT2D eigenvalue weighted by Gasteiger charge is 2.18. The highest BCUT2D eigenvalue weighted by molar-refractivity contribution is 9.09. The van der Waals surface area contributed by atoms with Crippen molar-refractivity contribution in [2.45, 2.75) is 19.8 Å². The number of hydrogen-bond donors (Lipinski definition) is 0. The molecule has 0 unspecified atom stereocenters. The molecule has 0 spiro atoms. The van der Waals surface area contributed by atoms with E-state index in [9.17, 15) is 14.9 Å². The number of esters is 1. The normalized spacial score (nSPS) is 10.1. The first kappa shape index (κ1) is 18.2. The number of carbonyl (C=O) groups excluding carboxylic acids is 1. The molecule has 0 radical (unpaired) electrons. The van der Waals surface area contributed by atoms with Crippen molar-refractivity contribution in [3.05, 3.63) is 28.3 Å². The summed E-state index contributed by atoms with van der Waals surface area (Å²) in [7, 11) is 0. The summed E-state index contributed by atoms with van der Waals surface area (Å²) in [6, 6.07) is 4.27. The standard InChI is InChI=1S/C14H18BrNO6/c1-2-20-14(17)10-22-13-6-5-11(9-12(13)16(18)19)21-8-4-3-7-15/h5-6,9H,2-4,7-8,10H2,1H3. The molecule has 0 heterocycles. The minimum absolute atomic E-state index is 0.00543. The van der Waals surface area contributed by atoms with Crippen molar-refractivity contribution in [3.63, 3.8) is 0 Å². The molecule has 22 heavy (non-hydrogen) atoms. The second-order valence-electron chi connectivity index (χ2n) is 4.22. The highest BCUT2D eigenvalue weighted by Crippen LogP contribution is 2.31. The third kappa shape index (κ3) is 6.30. The summed E-state index contributed by atoms with van der Waals surface area (Å²) < 4.78 is 15.3. The van der Waals surface area contributed by atoms with Gasteiger partial charge < -0.3 is 14.2 Å². The molecular weight excluding hydrogens is 358 g/mol. The van der Waals surface area contributed by atoms with E-state index in [1.807, 2.05) is 0 Å². The predicted molar refractivity (Wildman–Crippen MR) is 83.7 cm³/mol. The van der Waals surface area contributed by atoms with Crippen LogP contribution in [0.15, 0.2) is 18.2 Å². The van der Waals surface area contributed by atoms with E-state index < -0.39 is 10.9 Å². The molecule has 0 saturated heterocycles. The fourth-order valence-electron chi connectivity index (χ4n) is 1.58. The Kier molecular flexibility index (Phi) is 8.27. The Balaban J connectivity index is 2.69. The number of unbranched alkanes of at least 4 members (excludes halogenated alkanes) is 1. The third-order valence-electron chi connectivity index (χ3n) is 2.57. The first-order valence-corrected chi connectivity index (χ1v) is 7.96. The molecule has 0 aliphatic rings. The fourth-order valence-corrected chi connectivity index (χ4v) is 1.97. The lowest BCUT2D eigenvalue weighted by atomic mass is 10.2. The Hall–Kier alpha value is -1.83. The molecule has 122 valence electrons. The van der Waals surface area contributed by atoms with Gasteiger partial charge in [0.2, 0.25) is 0 Å². The van der Waals surface area contributed by atoms with Gasteiger partial charge in [-0.25, -0.2) is 4.79 Å². The molecule has 7 nitrogen and oxygen atoms in total. The first-order valence-electron chi connectivity index (χ1n) is 6.84. The second-order valence-corrected chi connectivity index (χ2v) is 5.02. The Morgan fingerprint density at radius 3 is 2.73 bits per heavy atom. The zero-order valence-corrected chi connectivity index (χ0v) is 13.8. The van der Waals surface area contributed by atoms with Gasteiger partial charge in [-0.05, 0) is 31.9 Å². The summed E-state index contributed by atoms with van der Waals surface area (Å²) in [4.78, 5) is 21.7. The summed E-state index contributed by atoms with van der Waals surface area (Å²) in [6.45, 7) is 2.00. The van der Waals surface area contributed by atoms with Crippen molar-refractivity contribution in [2.24, 2.45) is 0 Å². The van der Waals surface area contributed by atoms with E-state index >= 15 is 0 Å². The minimum atomic E-state index is -0.578. The van der Waals surface area contributed by atoms with Crippen LogP contribution in [0.25, 0.3) is 0 Å². The van der Waals surface area contributed by atoms with Gasteiger partial charge in [-0.1, -0.05) is 15.9 Å². The summed E-state index contributed by atoms with van der Waals surface area (Å²) >= 11 is 3.32. The summed E-state index contributed by atoms with van der Waals surface area (Å²) in [6.07, 6.45) is 1.81. The number of carbonyl (C=O) groups is 1. The topological polar surface area (TPSA) is 87.9 Å². The average molecular weight is 376 g/mol. The molecule has 1 rings (SSSR count). The molecule has 1 aromatic rings. The van der Waals surface area contributed by atoms with Crippen LogP contribution in [0.4, 0.5) is 5.69 Å².